The molecule has 2 aromatic heterocycles. The van der Waals surface area contributed by atoms with Crippen LogP contribution in [0.4, 0.5) is 0 Å². The van der Waals surface area contributed by atoms with Crippen LogP contribution in [0.15, 0.2) is 27.3 Å². The third-order valence-electron chi connectivity index (χ3n) is 3.86. The fraction of sp³-hybridized carbons (Fsp3) is 0.357. The molecule has 3 heterocycles. The summed E-state index contributed by atoms with van der Waals surface area (Å²) in [6, 6.07) is 3.12. The summed E-state index contributed by atoms with van der Waals surface area (Å²) in [6.07, 6.45) is 1.40. The lowest BCUT2D eigenvalue weighted by molar-refractivity contribution is 0.0697. The number of halogens is 1. The molecule has 0 saturated carbocycles. The van der Waals surface area contributed by atoms with Gasteiger partial charge in [-0.2, -0.15) is 4.31 Å². The molecule has 1 amide bonds. The molecular weight excluding hydrogens is 388 g/mol. The Labute approximate surface area is 153 Å². The third kappa shape index (κ3) is 3.61. The predicted molar refractivity (Wildman–Crippen MR) is 93.6 cm³/mol. The Kier molecular flexibility index (Phi) is 4.96. The Hall–Kier alpha value is -1.75. The van der Waals surface area contributed by atoms with Crippen molar-refractivity contribution in [2.24, 2.45) is 0 Å². The van der Waals surface area contributed by atoms with Gasteiger partial charge in [0.1, 0.15) is 5.15 Å². The van der Waals surface area contributed by atoms with Gasteiger partial charge in [0.2, 0.25) is 0 Å². The van der Waals surface area contributed by atoms with Gasteiger partial charge in [-0.05, 0) is 19.1 Å². The van der Waals surface area contributed by atoms with Crippen LogP contribution in [0.25, 0.3) is 0 Å². The smallest absolute Gasteiger partial charge is 0.305 e. The lowest BCUT2D eigenvalue weighted by Crippen LogP contribution is -2.50. The molecule has 0 bridgehead atoms. The van der Waals surface area contributed by atoms with Crippen molar-refractivity contribution in [3.63, 3.8) is 0 Å². The lowest BCUT2D eigenvalue weighted by Gasteiger charge is -2.33. The molecule has 1 N–H and O–H groups in total. The fourth-order valence-corrected chi connectivity index (χ4v) is 5.54. The van der Waals surface area contributed by atoms with Gasteiger partial charge in [-0.15, -0.1) is 0 Å². The molecule has 0 aliphatic carbocycles. The van der Waals surface area contributed by atoms with Gasteiger partial charge in [-0.1, -0.05) is 22.9 Å². The molecule has 1 aliphatic rings. The molecule has 0 atom stereocenters. The van der Waals surface area contributed by atoms with Crippen LogP contribution in [-0.4, -0.2) is 59.7 Å². The molecule has 0 aromatic carbocycles. The molecule has 2 aromatic rings. The summed E-state index contributed by atoms with van der Waals surface area (Å²) in [7, 11) is -3.74. The van der Waals surface area contributed by atoms with Gasteiger partial charge in [0, 0.05) is 38.1 Å². The van der Waals surface area contributed by atoms with Gasteiger partial charge in [0.25, 0.3) is 15.9 Å². The molecule has 8 nitrogen and oxygen atoms in total. The van der Waals surface area contributed by atoms with Crippen molar-refractivity contribution in [2.75, 3.05) is 26.2 Å². The van der Waals surface area contributed by atoms with Crippen molar-refractivity contribution in [3.05, 3.63) is 44.4 Å². The van der Waals surface area contributed by atoms with E-state index in [1.165, 1.54) is 16.6 Å². The molecule has 3 rings (SSSR count). The number of amides is 1. The monoisotopic (exact) mass is 402 g/mol. The molecule has 0 spiro atoms. The van der Waals surface area contributed by atoms with Crippen molar-refractivity contribution < 1.29 is 13.2 Å². The van der Waals surface area contributed by atoms with Crippen LogP contribution >= 0.6 is 22.9 Å². The number of pyridine rings is 1. The Bertz CT molecular complexity index is 944. The standard InChI is InChI=1S/C14H15ClN4O4S2/c1-9-13(24-14(21)17-9)25(22,23)19-6-4-18(5-7-19)12(20)10-2-3-11(15)16-8-10/h2-3,8H,4-7H2,1H3,(H,17,21). The highest BCUT2D eigenvalue weighted by atomic mass is 35.5. The number of hydrogen-bond acceptors (Lipinski definition) is 6. The maximum absolute atomic E-state index is 12.7. The Morgan fingerprint density at radius 3 is 2.48 bits per heavy atom. The minimum atomic E-state index is -3.74. The van der Waals surface area contributed by atoms with E-state index in [4.69, 9.17) is 11.6 Å². The maximum Gasteiger partial charge on any atom is 0.305 e. The number of H-pyrrole nitrogens is 1. The number of aromatic nitrogens is 2. The largest absolute Gasteiger partial charge is 0.336 e. The number of nitrogens with one attached hydrogen (secondary N) is 1. The van der Waals surface area contributed by atoms with E-state index in [0.29, 0.717) is 27.7 Å². The van der Waals surface area contributed by atoms with Gasteiger partial charge >= 0.3 is 4.87 Å². The highest BCUT2D eigenvalue weighted by Gasteiger charge is 2.32. The summed E-state index contributed by atoms with van der Waals surface area (Å²) in [4.78, 5) is 31.3. The first-order chi connectivity index (χ1) is 11.8. The normalized spacial score (nSPS) is 16.2. The quantitative estimate of drug-likeness (QED) is 0.769. The number of piperazine rings is 1. The van der Waals surface area contributed by atoms with Crippen molar-refractivity contribution in [1.82, 2.24) is 19.2 Å². The zero-order valence-corrected chi connectivity index (χ0v) is 15.6. The number of carbonyl (C=O) groups excluding carboxylic acids is 1. The van der Waals surface area contributed by atoms with Crippen LogP contribution < -0.4 is 4.87 Å². The highest BCUT2D eigenvalue weighted by Crippen LogP contribution is 2.22. The van der Waals surface area contributed by atoms with Crippen LogP contribution in [-0.2, 0) is 10.0 Å². The van der Waals surface area contributed by atoms with E-state index in [1.54, 1.807) is 17.9 Å². The second-order valence-electron chi connectivity index (χ2n) is 5.49. The second-order valence-corrected chi connectivity index (χ2v) is 9.00. The molecule has 0 unspecified atom stereocenters. The summed E-state index contributed by atoms with van der Waals surface area (Å²) >= 11 is 6.39. The summed E-state index contributed by atoms with van der Waals surface area (Å²) in [5, 5.41) is 0.299. The topological polar surface area (TPSA) is 103 Å². The zero-order chi connectivity index (χ0) is 18.2. The Balaban J connectivity index is 1.71. The highest BCUT2D eigenvalue weighted by molar-refractivity contribution is 7.91. The molecule has 25 heavy (non-hydrogen) atoms. The summed E-state index contributed by atoms with van der Waals surface area (Å²) in [5.74, 6) is -0.219. The van der Waals surface area contributed by atoms with E-state index < -0.39 is 14.9 Å². The number of aryl methyl sites for hydroxylation is 1. The second kappa shape index (κ2) is 6.87. The number of thiazole rings is 1. The maximum atomic E-state index is 12.7. The van der Waals surface area contributed by atoms with E-state index in [-0.39, 0.29) is 36.3 Å². The van der Waals surface area contributed by atoms with E-state index in [0.717, 1.165) is 0 Å². The number of carbonyl (C=O) groups is 1. The average molecular weight is 403 g/mol. The van der Waals surface area contributed by atoms with Gasteiger partial charge in [-0.25, -0.2) is 13.4 Å². The van der Waals surface area contributed by atoms with Gasteiger partial charge < -0.3 is 9.88 Å². The number of rotatable bonds is 3. The van der Waals surface area contributed by atoms with Gasteiger partial charge in [0.05, 0.1) is 5.56 Å². The average Bonchev–Trinajstić information content (AvgIpc) is 2.94. The number of aromatic amines is 1. The number of nitrogens with zero attached hydrogens (tertiary/aromatic N) is 3. The van der Waals surface area contributed by atoms with Gasteiger partial charge in [0.15, 0.2) is 4.21 Å². The Morgan fingerprint density at radius 1 is 1.28 bits per heavy atom. The lowest BCUT2D eigenvalue weighted by atomic mass is 10.2. The molecule has 0 radical (unpaired) electrons. The molecule has 11 heteroatoms. The van der Waals surface area contributed by atoms with Crippen LogP contribution in [0.5, 0.6) is 0 Å². The first-order valence-corrected chi connectivity index (χ1v) is 10.0. The third-order valence-corrected chi connectivity index (χ3v) is 7.56. The molecule has 1 fully saturated rings. The van der Waals surface area contributed by atoms with E-state index >= 15 is 0 Å². The summed E-state index contributed by atoms with van der Waals surface area (Å²) in [5.41, 5.74) is 0.737. The van der Waals surface area contributed by atoms with Crippen molar-refractivity contribution in [2.45, 2.75) is 11.1 Å². The van der Waals surface area contributed by atoms with Crippen LogP contribution in [0.3, 0.4) is 0 Å². The minimum absolute atomic E-state index is 0.0270. The van der Waals surface area contributed by atoms with Crippen LogP contribution in [0.2, 0.25) is 5.15 Å². The molecule has 134 valence electrons. The predicted octanol–water partition coefficient (Wildman–Crippen LogP) is 0.940. The molecular formula is C14H15ClN4O4S2. The van der Waals surface area contributed by atoms with E-state index in [1.807, 2.05) is 0 Å². The summed E-state index contributed by atoms with van der Waals surface area (Å²) < 4.78 is 26.6. The fourth-order valence-electron chi connectivity index (χ4n) is 2.57. The Morgan fingerprint density at radius 2 is 1.96 bits per heavy atom. The van der Waals surface area contributed by atoms with E-state index in [2.05, 4.69) is 9.97 Å². The van der Waals surface area contributed by atoms with Gasteiger partial charge in [-0.3, -0.25) is 9.59 Å². The van der Waals surface area contributed by atoms with Crippen molar-refractivity contribution in [1.29, 1.82) is 0 Å². The minimum Gasteiger partial charge on any atom is -0.336 e. The molecule has 1 saturated heterocycles. The van der Waals surface area contributed by atoms with Crippen molar-refractivity contribution >= 4 is 38.9 Å². The SMILES string of the molecule is Cc1[nH]c(=O)sc1S(=O)(=O)N1CCN(C(=O)c2ccc(Cl)nc2)CC1. The summed E-state index contributed by atoms with van der Waals surface area (Å²) in [6.45, 7) is 2.41. The van der Waals surface area contributed by atoms with Crippen molar-refractivity contribution in [3.8, 4) is 0 Å². The molecule has 1 aliphatic heterocycles. The van der Waals surface area contributed by atoms with Crippen LogP contribution in [0, 0.1) is 6.92 Å². The van der Waals surface area contributed by atoms with E-state index in [9.17, 15) is 18.0 Å². The van der Waals surface area contributed by atoms with Crippen LogP contribution in [0.1, 0.15) is 16.1 Å². The zero-order valence-electron chi connectivity index (χ0n) is 13.2. The number of sulfonamides is 1. The first-order valence-electron chi connectivity index (χ1n) is 7.40. The number of hydrogen-bond donors (Lipinski definition) is 1. The first kappa shape index (κ1) is 18.1.